The number of aliphatic hydroxyl groups is 1. The highest BCUT2D eigenvalue weighted by atomic mass is 19.1. The van der Waals surface area contributed by atoms with Crippen molar-refractivity contribution < 1.29 is 9.50 Å². The molecule has 1 atom stereocenters. The van der Waals surface area contributed by atoms with Gasteiger partial charge in [0.1, 0.15) is 5.67 Å². The van der Waals surface area contributed by atoms with E-state index in [1.54, 1.807) is 6.92 Å². The lowest BCUT2D eigenvalue weighted by molar-refractivity contribution is 0.0564. The molecule has 0 aromatic carbocycles. The molecule has 0 aliphatic rings. The first-order valence-corrected chi connectivity index (χ1v) is 5.98. The molecule has 1 unspecified atom stereocenters. The van der Waals surface area contributed by atoms with Gasteiger partial charge in [-0.3, -0.25) is 0 Å². The van der Waals surface area contributed by atoms with Crippen LogP contribution in [0.1, 0.15) is 65.2 Å². The predicted molar refractivity (Wildman–Crippen MR) is 59.2 cm³/mol. The minimum Gasteiger partial charge on any atom is -0.393 e. The van der Waals surface area contributed by atoms with Gasteiger partial charge in [-0.05, 0) is 12.8 Å². The SMILES string of the molecule is CCCCCCCCC(F)(CC)CO. The Morgan fingerprint density at radius 2 is 1.57 bits per heavy atom. The normalized spacial score (nSPS) is 15.4. The zero-order valence-corrected chi connectivity index (χ0v) is 9.69. The van der Waals surface area contributed by atoms with Crippen LogP contribution >= 0.6 is 0 Å². The molecule has 0 saturated heterocycles. The lowest BCUT2D eigenvalue weighted by Crippen LogP contribution is -2.26. The number of unbranched alkanes of at least 4 members (excludes halogenated alkanes) is 5. The van der Waals surface area contributed by atoms with Crippen molar-refractivity contribution >= 4 is 0 Å². The van der Waals surface area contributed by atoms with Crippen molar-refractivity contribution in [2.24, 2.45) is 0 Å². The molecular weight excluding hydrogens is 179 g/mol. The van der Waals surface area contributed by atoms with Crippen LogP contribution in [0.3, 0.4) is 0 Å². The van der Waals surface area contributed by atoms with Crippen LogP contribution in [0.15, 0.2) is 0 Å². The van der Waals surface area contributed by atoms with E-state index in [2.05, 4.69) is 6.92 Å². The molecule has 0 aliphatic carbocycles. The molecule has 0 bridgehead atoms. The van der Waals surface area contributed by atoms with Crippen molar-refractivity contribution in [1.82, 2.24) is 0 Å². The molecule has 0 spiro atoms. The van der Waals surface area contributed by atoms with Crippen LogP contribution < -0.4 is 0 Å². The molecule has 1 nitrogen and oxygen atoms in total. The maximum absolute atomic E-state index is 13.6. The Bertz CT molecular complexity index is 121. The second-order valence-electron chi connectivity index (χ2n) is 4.18. The smallest absolute Gasteiger partial charge is 0.133 e. The minimum absolute atomic E-state index is 0.321. The molecule has 0 aromatic heterocycles. The third kappa shape index (κ3) is 6.36. The standard InChI is InChI=1S/C12H25FO/c1-3-5-6-7-8-9-10-12(13,4-2)11-14/h14H,3-11H2,1-2H3. The highest BCUT2D eigenvalue weighted by Crippen LogP contribution is 2.23. The van der Waals surface area contributed by atoms with E-state index < -0.39 is 5.67 Å². The second kappa shape index (κ2) is 8.22. The third-order valence-corrected chi connectivity index (χ3v) is 2.90. The summed E-state index contributed by atoms with van der Waals surface area (Å²) < 4.78 is 13.6. The molecule has 0 radical (unpaired) electrons. The van der Waals surface area contributed by atoms with Gasteiger partial charge in [0, 0.05) is 0 Å². The Kier molecular flexibility index (Phi) is 8.15. The first kappa shape index (κ1) is 13.9. The number of aliphatic hydroxyl groups excluding tert-OH is 1. The summed E-state index contributed by atoms with van der Waals surface area (Å²) in [6, 6.07) is 0. The predicted octanol–water partition coefficient (Wildman–Crippen LogP) is 3.85. The molecule has 0 saturated carbocycles. The summed E-state index contributed by atoms with van der Waals surface area (Å²) in [6.07, 6.45) is 7.97. The van der Waals surface area contributed by atoms with Crippen molar-refractivity contribution in [2.45, 2.75) is 70.9 Å². The minimum atomic E-state index is -1.31. The van der Waals surface area contributed by atoms with Crippen LogP contribution in [0.4, 0.5) is 4.39 Å². The van der Waals surface area contributed by atoms with Crippen LogP contribution in [-0.2, 0) is 0 Å². The lowest BCUT2D eigenvalue weighted by atomic mass is 9.96. The molecule has 2 heteroatoms. The Morgan fingerprint density at radius 3 is 2.07 bits per heavy atom. The van der Waals surface area contributed by atoms with Crippen molar-refractivity contribution in [3.05, 3.63) is 0 Å². The summed E-state index contributed by atoms with van der Waals surface area (Å²) in [5, 5.41) is 8.85. The third-order valence-electron chi connectivity index (χ3n) is 2.90. The number of rotatable bonds is 9. The fraction of sp³-hybridized carbons (Fsp3) is 1.00. The van der Waals surface area contributed by atoms with Gasteiger partial charge in [-0.25, -0.2) is 4.39 Å². The van der Waals surface area contributed by atoms with Crippen LogP contribution in [0, 0.1) is 0 Å². The Morgan fingerprint density at radius 1 is 1.00 bits per heavy atom. The fourth-order valence-corrected chi connectivity index (χ4v) is 1.59. The summed E-state index contributed by atoms with van der Waals surface area (Å²) in [5.74, 6) is 0. The van der Waals surface area contributed by atoms with Gasteiger partial charge in [0.15, 0.2) is 0 Å². The Hall–Kier alpha value is -0.110. The van der Waals surface area contributed by atoms with E-state index in [1.165, 1.54) is 25.7 Å². The summed E-state index contributed by atoms with van der Waals surface area (Å²) in [6.45, 7) is 3.67. The van der Waals surface area contributed by atoms with Crippen LogP contribution in [-0.4, -0.2) is 17.4 Å². The van der Waals surface area contributed by atoms with Crippen LogP contribution in [0.5, 0.6) is 0 Å². The van der Waals surface area contributed by atoms with Gasteiger partial charge in [-0.15, -0.1) is 0 Å². The summed E-state index contributed by atoms with van der Waals surface area (Å²) >= 11 is 0. The van der Waals surface area contributed by atoms with Gasteiger partial charge in [0.05, 0.1) is 6.61 Å². The van der Waals surface area contributed by atoms with E-state index in [9.17, 15) is 4.39 Å². The molecule has 0 aromatic rings. The topological polar surface area (TPSA) is 20.2 Å². The van der Waals surface area contributed by atoms with Crippen molar-refractivity contribution in [2.75, 3.05) is 6.61 Å². The lowest BCUT2D eigenvalue weighted by Gasteiger charge is -2.20. The van der Waals surface area contributed by atoms with Gasteiger partial charge in [0.2, 0.25) is 0 Å². The first-order valence-electron chi connectivity index (χ1n) is 5.98. The summed E-state index contributed by atoms with van der Waals surface area (Å²) in [4.78, 5) is 0. The molecule has 14 heavy (non-hydrogen) atoms. The number of alkyl halides is 1. The molecular formula is C12H25FO. The second-order valence-corrected chi connectivity index (χ2v) is 4.18. The van der Waals surface area contributed by atoms with Crippen molar-refractivity contribution in [1.29, 1.82) is 0 Å². The molecule has 1 N–H and O–H groups in total. The molecule has 0 rings (SSSR count). The zero-order valence-electron chi connectivity index (χ0n) is 9.69. The molecule has 86 valence electrons. The highest BCUT2D eigenvalue weighted by Gasteiger charge is 2.25. The van der Waals surface area contributed by atoms with E-state index in [0.29, 0.717) is 12.8 Å². The average Bonchev–Trinajstić information content (AvgIpc) is 2.23. The highest BCUT2D eigenvalue weighted by molar-refractivity contribution is 4.75. The molecule has 0 fully saturated rings. The van der Waals surface area contributed by atoms with Gasteiger partial charge < -0.3 is 5.11 Å². The maximum atomic E-state index is 13.6. The van der Waals surface area contributed by atoms with Gasteiger partial charge in [-0.2, -0.15) is 0 Å². The number of hydrogen-bond donors (Lipinski definition) is 1. The summed E-state index contributed by atoms with van der Waals surface area (Å²) in [7, 11) is 0. The van der Waals surface area contributed by atoms with E-state index in [0.717, 1.165) is 12.8 Å². The van der Waals surface area contributed by atoms with Gasteiger partial charge in [0.25, 0.3) is 0 Å². The van der Waals surface area contributed by atoms with E-state index >= 15 is 0 Å². The Balaban J connectivity index is 3.34. The van der Waals surface area contributed by atoms with Gasteiger partial charge in [-0.1, -0.05) is 52.4 Å². The zero-order chi connectivity index (χ0) is 10.9. The fourth-order valence-electron chi connectivity index (χ4n) is 1.59. The maximum Gasteiger partial charge on any atom is 0.133 e. The van der Waals surface area contributed by atoms with E-state index in [-0.39, 0.29) is 6.61 Å². The van der Waals surface area contributed by atoms with E-state index in [4.69, 9.17) is 5.11 Å². The quantitative estimate of drug-likeness (QED) is 0.566. The van der Waals surface area contributed by atoms with Crippen molar-refractivity contribution in [3.63, 3.8) is 0 Å². The molecule has 0 heterocycles. The monoisotopic (exact) mass is 204 g/mol. The summed E-state index contributed by atoms with van der Waals surface area (Å²) in [5.41, 5.74) is -1.31. The number of halogens is 1. The first-order chi connectivity index (χ1) is 6.68. The van der Waals surface area contributed by atoms with Crippen molar-refractivity contribution in [3.8, 4) is 0 Å². The molecule has 0 amide bonds. The molecule has 0 aliphatic heterocycles. The largest absolute Gasteiger partial charge is 0.393 e. The number of hydrogen-bond acceptors (Lipinski definition) is 1. The average molecular weight is 204 g/mol. The Labute approximate surface area is 87.7 Å². The van der Waals surface area contributed by atoms with Crippen LogP contribution in [0.2, 0.25) is 0 Å². The van der Waals surface area contributed by atoms with Gasteiger partial charge >= 0.3 is 0 Å². The van der Waals surface area contributed by atoms with E-state index in [1.807, 2.05) is 0 Å². The van der Waals surface area contributed by atoms with Crippen LogP contribution in [0.25, 0.3) is 0 Å².